The Balaban J connectivity index is 1.72. The third-order valence-corrected chi connectivity index (χ3v) is 5.37. The molecule has 0 saturated heterocycles. The first-order valence-electron chi connectivity index (χ1n) is 8.59. The van der Waals surface area contributed by atoms with Crippen LogP contribution in [0, 0.1) is 11.8 Å². The number of aromatic nitrogens is 2. The number of rotatable bonds is 4. The van der Waals surface area contributed by atoms with E-state index < -0.39 is 0 Å². The lowest BCUT2D eigenvalue weighted by Gasteiger charge is -2.29. The van der Waals surface area contributed by atoms with Gasteiger partial charge < -0.3 is 9.88 Å². The van der Waals surface area contributed by atoms with Crippen molar-refractivity contribution in [3.63, 3.8) is 0 Å². The first-order valence-corrected chi connectivity index (χ1v) is 8.59. The van der Waals surface area contributed by atoms with Crippen LogP contribution in [-0.4, -0.2) is 16.1 Å². The van der Waals surface area contributed by atoms with Gasteiger partial charge in [-0.1, -0.05) is 33.1 Å². The van der Waals surface area contributed by atoms with Crippen LogP contribution in [0.4, 0.5) is 0 Å². The maximum atomic E-state index is 4.87. The average Bonchev–Trinajstić information content (AvgIpc) is 2.86. The molecule has 2 heterocycles. The minimum absolute atomic E-state index is 0.885. The Hall–Kier alpha value is -0.830. The number of fused-ring (bicyclic) bond motifs is 1. The maximum Gasteiger partial charge on any atom is 0.108 e. The average molecular weight is 275 g/mol. The Morgan fingerprint density at radius 2 is 1.90 bits per heavy atom. The van der Waals surface area contributed by atoms with Crippen molar-refractivity contribution in [2.24, 2.45) is 11.8 Å². The lowest BCUT2D eigenvalue weighted by Crippen LogP contribution is -2.26. The second kappa shape index (κ2) is 6.30. The summed E-state index contributed by atoms with van der Waals surface area (Å²) in [4.78, 5) is 4.87. The number of hydrogen-bond acceptors (Lipinski definition) is 2. The quantitative estimate of drug-likeness (QED) is 0.913. The first-order chi connectivity index (χ1) is 9.81. The van der Waals surface area contributed by atoms with E-state index in [1.54, 1.807) is 0 Å². The molecule has 0 spiro atoms. The lowest BCUT2D eigenvalue weighted by atomic mass is 9.81. The van der Waals surface area contributed by atoms with E-state index in [0.29, 0.717) is 0 Å². The molecule has 2 aliphatic rings. The van der Waals surface area contributed by atoms with Crippen LogP contribution < -0.4 is 5.32 Å². The molecule has 1 aliphatic carbocycles. The summed E-state index contributed by atoms with van der Waals surface area (Å²) in [6, 6.07) is 0. The summed E-state index contributed by atoms with van der Waals surface area (Å²) in [6.07, 6.45) is 9.34. The minimum Gasteiger partial charge on any atom is -0.331 e. The Morgan fingerprint density at radius 3 is 2.60 bits per heavy atom. The second-order valence-electron chi connectivity index (χ2n) is 6.61. The van der Waals surface area contributed by atoms with Crippen molar-refractivity contribution in [2.45, 2.75) is 71.9 Å². The molecule has 112 valence electrons. The van der Waals surface area contributed by atoms with Crippen LogP contribution in [0.25, 0.3) is 0 Å². The van der Waals surface area contributed by atoms with Crippen molar-refractivity contribution in [3.05, 3.63) is 17.2 Å². The van der Waals surface area contributed by atoms with Crippen LogP contribution in [0.1, 0.15) is 63.2 Å². The molecule has 1 aromatic rings. The fourth-order valence-electron chi connectivity index (χ4n) is 3.99. The molecule has 20 heavy (non-hydrogen) atoms. The smallest absolute Gasteiger partial charge is 0.108 e. The van der Waals surface area contributed by atoms with Gasteiger partial charge in [-0.25, -0.2) is 4.98 Å². The van der Waals surface area contributed by atoms with Crippen LogP contribution in [0.3, 0.4) is 0 Å². The fraction of sp³-hybridized carbons (Fsp3) is 0.824. The van der Waals surface area contributed by atoms with Crippen LogP contribution in [-0.2, 0) is 25.9 Å². The van der Waals surface area contributed by atoms with Crippen molar-refractivity contribution in [2.75, 3.05) is 6.54 Å². The molecule has 0 aromatic carbocycles. The molecular weight excluding hydrogens is 246 g/mol. The molecule has 1 aromatic heterocycles. The molecule has 0 amide bonds. The highest BCUT2D eigenvalue weighted by molar-refractivity contribution is 5.20. The highest BCUT2D eigenvalue weighted by atomic mass is 15.1. The summed E-state index contributed by atoms with van der Waals surface area (Å²) in [6.45, 7) is 7.90. The molecule has 1 saturated carbocycles. The Morgan fingerprint density at radius 1 is 1.15 bits per heavy atom. The molecule has 3 nitrogen and oxygen atoms in total. The fourth-order valence-corrected chi connectivity index (χ4v) is 3.99. The SMILES string of the molecule is CCc1nc2c(n1CC1CCC(CC)CC1)CCNC2. The van der Waals surface area contributed by atoms with Gasteiger partial charge in [0.25, 0.3) is 0 Å². The summed E-state index contributed by atoms with van der Waals surface area (Å²) >= 11 is 0. The highest BCUT2D eigenvalue weighted by Crippen LogP contribution is 2.32. The number of imidazole rings is 1. The largest absolute Gasteiger partial charge is 0.331 e. The van der Waals surface area contributed by atoms with Gasteiger partial charge in [0, 0.05) is 38.2 Å². The van der Waals surface area contributed by atoms with Gasteiger partial charge in [0.1, 0.15) is 5.82 Å². The van der Waals surface area contributed by atoms with Crippen molar-refractivity contribution in [3.8, 4) is 0 Å². The van der Waals surface area contributed by atoms with Crippen LogP contribution >= 0.6 is 0 Å². The number of aryl methyl sites for hydroxylation is 1. The van der Waals surface area contributed by atoms with Gasteiger partial charge in [-0.2, -0.15) is 0 Å². The predicted molar refractivity (Wildman–Crippen MR) is 82.8 cm³/mol. The third-order valence-electron chi connectivity index (χ3n) is 5.37. The third kappa shape index (κ3) is 2.78. The van der Waals surface area contributed by atoms with Crippen LogP contribution in [0.5, 0.6) is 0 Å². The Labute approximate surface area is 123 Å². The van der Waals surface area contributed by atoms with Gasteiger partial charge in [0.2, 0.25) is 0 Å². The zero-order chi connectivity index (χ0) is 13.9. The topological polar surface area (TPSA) is 29.9 Å². The molecule has 1 aliphatic heterocycles. The summed E-state index contributed by atoms with van der Waals surface area (Å²) in [5.74, 6) is 3.20. The Bertz CT molecular complexity index is 441. The van der Waals surface area contributed by atoms with Gasteiger partial charge in [-0.15, -0.1) is 0 Å². The zero-order valence-corrected chi connectivity index (χ0v) is 13.1. The van der Waals surface area contributed by atoms with E-state index in [2.05, 4.69) is 23.7 Å². The van der Waals surface area contributed by atoms with Gasteiger partial charge in [0.15, 0.2) is 0 Å². The van der Waals surface area contributed by atoms with Crippen molar-refractivity contribution in [1.29, 1.82) is 0 Å². The van der Waals surface area contributed by atoms with Crippen molar-refractivity contribution < 1.29 is 0 Å². The van der Waals surface area contributed by atoms with E-state index in [4.69, 9.17) is 4.98 Å². The van der Waals surface area contributed by atoms with E-state index in [1.807, 2.05) is 0 Å². The summed E-state index contributed by atoms with van der Waals surface area (Å²) in [5, 5.41) is 3.45. The van der Waals surface area contributed by atoms with Gasteiger partial charge in [0.05, 0.1) is 5.69 Å². The standard InChI is InChI=1S/C17H29N3/c1-3-13-5-7-14(8-6-13)12-20-16-9-10-18-11-15(16)19-17(20)4-2/h13-14,18H,3-12H2,1-2H3. The van der Waals surface area contributed by atoms with Crippen molar-refractivity contribution in [1.82, 2.24) is 14.9 Å². The molecule has 3 heteroatoms. The van der Waals surface area contributed by atoms with Crippen LogP contribution in [0.15, 0.2) is 0 Å². The van der Waals surface area contributed by atoms with Gasteiger partial charge in [-0.3, -0.25) is 0 Å². The predicted octanol–water partition coefficient (Wildman–Crippen LogP) is 3.31. The van der Waals surface area contributed by atoms with E-state index in [-0.39, 0.29) is 0 Å². The van der Waals surface area contributed by atoms with E-state index in [0.717, 1.165) is 37.8 Å². The first kappa shape index (κ1) is 14.1. The zero-order valence-electron chi connectivity index (χ0n) is 13.1. The normalized spacial score (nSPS) is 26.5. The van der Waals surface area contributed by atoms with E-state index in [9.17, 15) is 0 Å². The van der Waals surface area contributed by atoms with Gasteiger partial charge in [-0.05, 0) is 24.7 Å². The van der Waals surface area contributed by atoms with Crippen molar-refractivity contribution >= 4 is 0 Å². The van der Waals surface area contributed by atoms with E-state index in [1.165, 1.54) is 55.9 Å². The maximum absolute atomic E-state index is 4.87. The molecule has 1 fully saturated rings. The summed E-state index contributed by atoms with van der Waals surface area (Å²) < 4.78 is 2.58. The molecule has 0 unspecified atom stereocenters. The highest BCUT2D eigenvalue weighted by Gasteiger charge is 2.24. The minimum atomic E-state index is 0.885. The number of nitrogens with one attached hydrogen (secondary N) is 1. The van der Waals surface area contributed by atoms with Gasteiger partial charge >= 0.3 is 0 Å². The molecule has 3 rings (SSSR count). The summed E-state index contributed by atoms with van der Waals surface area (Å²) in [7, 11) is 0. The second-order valence-corrected chi connectivity index (χ2v) is 6.61. The monoisotopic (exact) mass is 275 g/mol. The van der Waals surface area contributed by atoms with Crippen LogP contribution in [0.2, 0.25) is 0 Å². The molecule has 0 radical (unpaired) electrons. The lowest BCUT2D eigenvalue weighted by molar-refractivity contribution is 0.244. The number of hydrogen-bond donors (Lipinski definition) is 1. The molecule has 0 atom stereocenters. The van der Waals surface area contributed by atoms with E-state index >= 15 is 0 Å². The summed E-state index contributed by atoms with van der Waals surface area (Å²) in [5.41, 5.74) is 2.84. The molecule has 0 bridgehead atoms. The molecular formula is C17H29N3. The molecule has 1 N–H and O–H groups in total. The number of nitrogens with zero attached hydrogens (tertiary/aromatic N) is 2. The Kier molecular flexibility index (Phi) is 4.45.